The first-order chi connectivity index (χ1) is 27.8. The van der Waals surface area contributed by atoms with E-state index in [1.807, 2.05) is 29.5 Å². The van der Waals surface area contributed by atoms with E-state index < -0.39 is 0 Å². The molecule has 0 spiro atoms. The monoisotopic (exact) mass is 729 g/mol. The van der Waals surface area contributed by atoms with Crippen molar-refractivity contribution in [3.05, 3.63) is 188 Å². The number of hydrogen-bond donors (Lipinski definition) is 0. The number of thiophene rings is 1. The quantitative estimate of drug-likeness (QED) is 0.169. The highest BCUT2D eigenvalue weighted by atomic mass is 32.1. The maximum atomic E-state index is 5.42. The Morgan fingerprint density at radius 1 is 0.429 bits per heavy atom. The average molecular weight is 730 g/mol. The summed E-state index contributed by atoms with van der Waals surface area (Å²) in [7, 11) is 0. The second-order valence-corrected chi connectivity index (χ2v) is 15.5. The van der Waals surface area contributed by atoms with E-state index in [0.717, 1.165) is 28.0 Å². The number of benzene rings is 9. The summed E-state index contributed by atoms with van der Waals surface area (Å²) in [6, 6.07) is 65.6. The van der Waals surface area contributed by atoms with Crippen molar-refractivity contribution in [1.82, 2.24) is 14.5 Å². The maximum Gasteiger partial charge on any atom is 0.159 e. The topological polar surface area (TPSA) is 30.7 Å². The van der Waals surface area contributed by atoms with Gasteiger partial charge in [0.05, 0.1) is 28.6 Å². The lowest BCUT2D eigenvalue weighted by atomic mass is 9.94. The van der Waals surface area contributed by atoms with E-state index in [1.54, 1.807) is 0 Å². The lowest BCUT2D eigenvalue weighted by Crippen LogP contribution is -2.03. The molecule has 9 aromatic carbocycles. The van der Waals surface area contributed by atoms with Gasteiger partial charge in [-0.3, -0.25) is 0 Å². The van der Waals surface area contributed by atoms with Crippen LogP contribution in [0.15, 0.2) is 188 Å². The van der Waals surface area contributed by atoms with Crippen molar-refractivity contribution in [2.24, 2.45) is 0 Å². The van der Waals surface area contributed by atoms with Crippen LogP contribution in [0.5, 0.6) is 0 Å². The molecular weight excluding hydrogens is 699 g/mol. The van der Waals surface area contributed by atoms with Crippen LogP contribution in [0.2, 0.25) is 0 Å². The fourth-order valence-electron chi connectivity index (χ4n) is 8.93. The summed E-state index contributed by atoms with van der Waals surface area (Å²) in [6.45, 7) is 0. The van der Waals surface area contributed by atoms with Gasteiger partial charge in [0.1, 0.15) is 0 Å². The van der Waals surface area contributed by atoms with Gasteiger partial charge in [-0.2, -0.15) is 0 Å². The zero-order valence-electron chi connectivity index (χ0n) is 30.1. The van der Waals surface area contributed by atoms with Crippen LogP contribution in [0.4, 0.5) is 0 Å². The van der Waals surface area contributed by atoms with Gasteiger partial charge in [0.2, 0.25) is 0 Å². The first kappa shape index (κ1) is 31.2. The summed E-state index contributed by atoms with van der Waals surface area (Å²) in [6.07, 6.45) is 2.05. The summed E-state index contributed by atoms with van der Waals surface area (Å²) in [5.41, 5.74) is 8.67. The van der Waals surface area contributed by atoms with Gasteiger partial charge >= 0.3 is 0 Å². The molecule has 0 saturated carbocycles. The molecule has 0 bridgehead atoms. The van der Waals surface area contributed by atoms with E-state index in [0.29, 0.717) is 5.82 Å². The van der Waals surface area contributed by atoms with Gasteiger partial charge in [0.25, 0.3) is 0 Å². The van der Waals surface area contributed by atoms with E-state index in [9.17, 15) is 0 Å². The Labute approximate surface area is 326 Å². The molecule has 3 aromatic heterocycles. The first-order valence-corrected chi connectivity index (χ1v) is 19.8. The Balaban J connectivity index is 1.34. The van der Waals surface area contributed by atoms with Gasteiger partial charge in [0, 0.05) is 53.0 Å². The zero-order chi connectivity index (χ0) is 36.7. The van der Waals surface area contributed by atoms with E-state index >= 15 is 0 Å². The van der Waals surface area contributed by atoms with Crippen molar-refractivity contribution in [2.45, 2.75) is 0 Å². The highest BCUT2D eigenvalue weighted by Gasteiger charge is 2.26. The summed E-state index contributed by atoms with van der Waals surface area (Å²) in [5.74, 6) is 0.703. The lowest BCUT2D eigenvalue weighted by molar-refractivity contribution is 1.09. The van der Waals surface area contributed by atoms with Gasteiger partial charge in [-0.05, 0) is 50.7 Å². The number of nitrogens with zero attached hydrogens (tertiary/aromatic N) is 3. The van der Waals surface area contributed by atoms with Crippen LogP contribution >= 0.6 is 11.3 Å². The minimum absolute atomic E-state index is 0.703. The van der Waals surface area contributed by atoms with E-state index in [-0.39, 0.29) is 0 Å². The Morgan fingerprint density at radius 3 is 1.82 bits per heavy atom. The molecule has 3 heterocycles. The standard InChI is InChI=1S/C52H31N3S/c1-3-16-33(17-4-1)48-44(31-53-52(54-48)34-18-5-2-6-19-34)55-49-40-24-12-10-22-38(40)37-21-9-11-23-39(37)46(49)43-30-42(36-28-27-32-15-7-8-20-35(32)29-36)51-47(50(43)55)41-25-13-14-26-45(41)56-51/h1-31H. The van der Waals surface area contributed by atoms with Gasteiger partial charge in [0.15, 0.2) is 5.82 Å². The van der Waals surface area contributed by atoms with Gasteiger partial charge in [-0.25, -0.2) is 9.97 Å². The molecule has 0 saturated heterocycles. The molecule has 260 valence electrons. The number of aromatic nitrogens is 3. The van der Waals surface area contributed by atoms with Crippen molar-refractivity contribution in [3.8, 4) is 39.5 Å². The summed E-state index contributed by atoms with van der Waals surface area (Å²) >= 11 is 1.88. The summed E-state index contributed by atoms with van der Waals surface area (Å²) in [5, 5.41) is 12.3. The SMILES string of the molecule is c1ccc(-c2ncc(-n3c4c(cc(-c5ccc6ccccc6c5)c5sc6ccccc6c54)c4c5ccccc5c5ccccc5c43)c(-c3ccccc3)n2)cc1. The molecule has 0 radical (unpaired) electrons. The largest absolute Gasteiger partial charge is 0.304 e. The van der Waals surface area contributed by atoms with Crippen molar-refractivity contribution < 1.29 is 0 Å². The van der Waals surface area contributed by atoms with Crippen LogP contribution in [0, 0.1) is 0 Å². The van der Waals surface area contributed by atoms with Crippen LogP contribution < -0.4 is 0 Å². The molecule has 0 N–H and O–H groups in total. The van der Waals surface area contributed by atoms with Gasteiger partial charge < -0.3 is 4.57 Å². The van der Waals surface area contributed by atoms with E-state index in [1.165, 1.54) is 79.9 Å². The average Bonchev–Trinajstić information content (AvgIpc) is 3.83. The van der Waals surface area contributed by atoms with Gasteiger partial charge in [-0.1, -0.05) is 164 Å². The number of hydrogen-bond acceptors (Lipinski definition) is 3. The Morgan fingerprint density at radius 2 is 1.04 bits per heavy atom. The minimum atomic E-state index is 0.703. The second kappa shape index (κ2) is 12.2. The molecule has 56 heavy (non-hydrogen) atoms. The van der Waals surface area contributed by atoms with Crippen LogP contribution in [0.1, 0.15) is 0 Å². The predicted octanol–water partition coefficient (Wildman–Crippen LogP) is 14.4. The summed E-state index contributed by atoms with van der Waals surface area (Å²) in [4.78, 5) is 10.6. The molecule has 0 amide bonds. The lowest BCUT2D eigenvalue weighted by Gasteiger charge is -2.16. The Kier molecular flexibility index (Phi) is 6.80. The predicted molar refractivity (Wildman–Crippen MR) is 238 cm³/mol. The molecule has 0 atom stereocenters. The number of fused-ring (bicyclic) bond motifs is 13. The molecule has 0 unspecified atom stereocenters. The third-order valence-corrected chi connectivity index (χ3v) is 12.6. The molecular formula is C52H31N3S. The molecule has 0 fully saturated rings. The molecule has 12 aromatic rings. The Hall–Kier alpha value is -7.14. The fourth-order valence-corrected chi connectivity index (χ4v) is 10.2. The first-order valence-electron chi connectivity index (χ1n) is 19.0. The minimum Gasteiger partial charge on any atom is -0.304 e. The highest BCUT2D eigenvalue weighted by molar-refractivity contribution is 7.26. The highest BCUT2D eigenvalue weighted by Crippen LogP contribution is 2.51. The fraction of sp³-hybridized carbons (Fsp3) is 0. The molecule has 0 aliphatic rings. The van der Waals surface area contributed by atoms with Crippen molar-refractivity contribution >= 4 is 85.6 Å². The van der Waals surface area contributed by atoms with Crippen LogP contribution in [-0.4, -0.2) is 14.5 Å². The number of rotatable bonds is 4. The van der Waals surface area contributed by atoms with Crippen LogP contribution in [0.3, 0.4) is 0 Å². The van der Waals surface area contributed by atoms with Crippen molar-refractivity contribution in [1.29, 1.82) is 0 Å². The second-order valence-electron chi connectivity index (χ2n) is 14.5. The summed E-state index contributed by atoms with van der Waals surface area (Å²) < 4.78 is 5.04. The molecule has 0 aliphatic carbocycles. The van der Waals surface area contributed by atoms with Crippen molar-refractivity contribution in [2.75, 3.05) is 0 Å². The third kappa shape index (κ3) is 4.57. The van der Waals surface area contributed by atoms with E-state index in [4.69, 9.17) is 9.97 Å². The van der Waals surface area contributed by atoms with E-state index in [2.05, 4.69) is 175 Å². The van der Waals surface area contributed by atoms with Crippen molar-refractivity contribution in [3.63, 3.8) is 0 Å². The van der Waals surface area contributed by atoms with Crippen LogP contribution in [-0.2, 0) is 0 Å². The van der Waals surface area contributed by atoms with Crippen LogP contribution in [0.25, 0.3) is 114 Å². The normalized spacial score (nSPS) is 11.9. The molecule has 4 heteroatoms. The smallest absolute Gasteiger partial charge is 0.159 e. The maximum absolute atomic E-state index is 5.42. The molecule has 0 aliphatic heterocycles. The van der Waals surface area contributed by atoms with Gasteiger partial charge in [-0.15, -0.1) is 11.3 Å². The Bertz CT molecular complexity index is 3530. The molecule has 12 rings (SSSR count). The third-order valence-electron chi connectivity index (χ3n) is 11.4. The zero-order valence-corrected chi connectivity index (χ0v) is 31.0. The molecule has 3 nitrogen and oxygen atoms in total.